The molecule has 4 aromatic rings. The van der Waals surface area contributed by atoms with Crippen LogP contribution in [0.1, 0.15) is 19.4 Å². The van der Waals surface area contributed by atoms with Crippen molar-refractivity contribution in [2.45, 2.75) is 19.4 Å². The molecule has 0 unspecified atom stereocenters. The monoisotopic (exact) mass is 461 g/mol. The van der Waals surface area contributed by atoms with Gasteiger partial charge in [-0.2, -0.15) is 0 Å². The van der Waals surface area contributed by atoms with Crippen LogP contribution in [0.2, 0.25) is 0 Å². The van der Waals surface area contributed by atoms with Gasteiger partial charge in [0.1, 0.15) is 5.82 Å². The van der Waals surface area contributed by atoms with Gasteiger partial charge in [0, 0.05) is 21.1 Å². The summed E-state index contributed by atoms with van der Waals surface area (Å²) < 4.78 is 0.963. The van der Waals surface area contributed by atoms with Crippen molar-refractivity contribution in [1.82, 2.24) is 19.9 Å². The summed E-state index contributed by atoms with van der Waals surface area (Å²) in [5.41, 5.74) is 10.8. The molecule has 0 atom stereocenters. The van der Waals surface area contributed by atoms with Crippen LogP contribution in [0.25, 0.3) is 33.7 Å². The lowest BCUT2D eigenvalue weighted by molar-refractivity contribution is 0.198. The molecule has 0 aliphatic carbocycles. The Labute approximate surface area is 185 Å². The highest BCUT2D eigenvalue weighted by molar-refractivity contribution is 9.10. The Kier molecular flexibility index (Phi) is 5.30. The molecule has 0 aliphatic heterocycles. The maximum atomic E-state index is 6.21. The van der Waals surface area contributed by atoms with Crippen LogP contribution in [0.5, 0.6) is 0 Å². The number of anilines is 1. The van der Waals surface area contributed by atoms with Gasteiger partial charge in [0.15, 0.2) is 11.5 Å². The fraction of sp³-hybridized carbons (Fsp3) is 0.208. The number of aromatic nitrogens is 3. The second-order valence-electron chi connectivity index (χ2n) is 8.04. The molecule has 0 amide bonds. The predicted molar refractivity (Wildman–Crippen MR) is 127 cm³/mol. The van der Waals surface area contributed by atoms with E-state index in [1.54, 1.807) is 0 Å². The van der Waals surface area contributed by atoms with Crippen molar-refractivity contribution in [2.75, 3.05) is 19.8 Å². The first-order valence-electron chi connectivity index (χ1n) is 9.74. The number of rotatable bonds is 4. The Hall–Kier alpha value is -2.83. The summed E-state index contributed by atoms with van der Waals surface area (Å²) in [6.45, 7) is 4.42. The maximum Gasteiger partial charge on any atom is 0.165 e. The van der Waals surface area contributed by atoms with Crippen LogP contribution in [-0.2, 0) is 5.54 Å². The van der Waals surface area contributed by atoms with Crippen molar-refractivity contribution in [1.29, 1.82) is 0 Å². The SMILES string of the molecule is CN(C)C(C)(C)c1ccc(-c2ccc3c(N)nc(-c4cccc(Br)c4)nc3n2)cc1. The molecule has 0 saturated carbocycles. The standard InChI is InChI=1S/C24H24BrN5/c1-24(2,30(3)4)17-10-8-15(9-11-17)20-13-12-19-21(26)28-22(29-23(19)27-20)16-6-5-7-18(25)14-16/h5-14H,1-4H3,(H2,26,27,28,29). The van der Waals surface area contributed by atoms with Gasteiger partial charge in [-0.15, -0.1) is 0 Å². The zero-order valence-electron chi connectivity index (χ0n) is 17.5. The summed E-state index contributed by atoms with van der Waals surface area (Å²) in [6, 6.07) is 20.3. The highest BCUT2D eigenvalue weighted by atomic mass is 79.9. The largest absolute Gasteiger partial charge is 0.383 e. The summed E-state index contributed by atoms with van der Waals surface area (Å²) in [7, 11) is 4.18. The van der Waals surface area contributed by atoms with E-state index in [9.17, 15) is 0 Å². The second kappa shape index (κ2) is 7.78. The van der Waals surface area contributed by atoms with E-state index in [1.165, 1.54) is 5.56 Å². The second-order valence-corrected chi connectivity index (χ2v) is 8.96. The van der Waals surface area contributed by atoms with Crippen LogP contribution in [0.4, 0.5) is 5.82 Å². The van der Waals surface area contributed by atoms with E-state index in [0.29, 0.717) is 17.3 Å². The average molecular weight is 462 g/mol. The minimum atomic E-state index is -0.0458. The fourth-order valence-electron chi connectivity index (χ4n) is 3.26. The maximum absolute atomic E-state index is 6.21. The van der Waals surface area contributed by atoms with E-state index >= 15 is 0 Å². The molecule has 0 spiro atoms. The predicted octanol–water partition coefficient (Wildman–Crippen LogP) is 5.50. The van der Waals surface area contributed by atoms with Gasteiger partial charge in [0.2, 0.25) is 0 Å². The molecule has 0 fully saturated rings. The third-order valence-corrected chi connectivity index (χ3v) is 6.17. The highest BCUT2D eigenvalue weighted by Gasteiger charge is 2.22. The zero-order valence-corrected chi connectivity index (χ0v) is 19.1. The summed E-state index contributed by atoms with van der Waals surface area (Å²) in [4.78, 5) is 16.2. The minimum Gasteiger partial charge on any atom is -0.383 e. The van der Waals surface area contributed by atoms with Crippen molar-refractivity contribution < 1.29 is 0 Å². The van der Waals surface area contributed by atoms with E-state index in [4.69, 9.17) is 10.7 Å². The lowest BCUT2D eigenvalue weighted by Gasteiger charge is -2.33. The molecular weight excluding hydrogens is 438 g/mol. The van der Waals surface area contributed by atoms with Gasteiger partial charge >= 0.3 is 0 Å². The van der Waals surface area contributed by atoms with Gasteiger partial charge < -0.3 is 10.6 Å². The van der Waals surface area contributed by atoms with Gasteiger partial charge in [-0.25, -0.2) is 15.0 Å². The Bertz CT molecular complexity index is 1220. The van der Waals surface area contributed by atoms with Crippen LogP contribution >= 0.6 is 15.9 Å². The van der Waals surface area contributed by atoms with Crippen LogP contribution in [0, 0.1) is 0 Å². The molecule has 152 valence electrons. The van der Waals surface area contributed by atoms with Crippen LogP contribution in [0.3, 0.4) is 0 Å². The number of hydrogen-bond acceptors (Lipinski definition) is 5. The van der Waals surface area contributed by atoms with E-state index < -0.39 is 0 Å². The van der Waals surface area contributed by atoms with Gasteiger partial charge in [-0.3, -0.25) is 0 Å². The molecule has 0 aliphatic rings. The molecule has 5 nitrogen and oxygen atoms in total. The number of pyridine rings is 1. The number of nitrogen functional groups attached to an aromatic ring is 1. The Morgan fingerprint density at radius 3 is 2.27 bits per heavy atom. The van der Waals surface area contributed by atoms with E-state index in [0.717, 1.165) is 26.7 Å². The first-order valence-corrected chi connectivity index (χ1v) is 10.5. The molecule has 2 heterocycles. The Morgan fingerprint density at radius 2 is 1.60 bits per heavy atom. The number of nitrogens with zero attached hydrogens (tertiary/aromatic N) is 4. The van der Waals surface area contributed by atoms with Crippen LogP contribution in [0.15, 0.2) is 65.1 Å². The normalized spacial score (nSPS) is 11.9. The third kappa shape index (κ3) is 3.80. The van der Waals surface area contributed by atoms with Crippen LogP contribution < -0.4 is 5.73 Å². The zero-order chi connectivity index (χ0) is 21.5. The summed E-state index contributed by atoms with van der Waals surface area (Å²) in [5.74, 6) is 0.992. The molecule has 6 heteroatoms. The topological polar surface area (TPSA) is 67.9 Å². The molecule has 2 N–H and O–H groups in total. The molecule has 2 aromatic heterocycles. The van der Waals surface area contributed by atoms with Crippen molar-refractivity contribution in [2.24, 2.45) is 0 Å². The summed E-state index contributed by atoms with van der Waals surface area (Å²) in [5, 5.41) is 0.753. The molecule has 0 radical (unpaired) electrons. The number of nitrogens with two attached hydrogens (primary N) is 1. The molecule has 0 bridgehead atoms. The average Bonchev–Trinajstić information content (AvgIpc) is 2.73. The minimum absolute atomic E-state index is 0.0458. The summed E-state index contributed by atoms with van der Waals surface area (Å²) >= 11 is 3.49. The number of hydrogen-bond donors (Lipinski definition) is 1. The van der Waals surface area contributed by atoms with Gasteiger partial charge in [-0.1, -0.05) is 52.3 Å². The third-order valence-electron chi connectivity index (χ3n) is 5.68. The van der Waals surface area contributed by atoms with Gasteiger partial charge in [0.25, 0.3) is 0 Å². The summed E-state index contributed by atoms with van der Waals surface area (Å²) in [6.07, 6.45) is 0. The molecular formula is C24H24BrN5. The lowest BCUT2D eigenvalue weighted by Crippen LogP contribution is -2.35. The Balaban J connectivity index is 1.76. The molecule has 30 heavy (non-hydrogen) atoms. The van der Waals surface area contributed by atoms with Crippen molar-refractivity contribution in [3.8, 4) is 22.6 Å². The number of fused-ring (bicyclic) bond motifs is 1. The quantitative estimate of drug-likeness (QED) is 0.434. The first kappa shape index (κ1) is 20.4. The fourth-order valence-corrected chi connectivity index (χ4v) is 3.66. The van der Waals surface area contributed by atoms with E-state index in [-0.39, 0.29) is 5.54 Å². The van der Waals surface area contributed by atoms with Crippen molar-refractivity contribution >= 4 is 32.8 Å². The van der Waals surface area contributed by atoms with Gasteiger partial charge in [0.05, 0.1) is 11.1 Å². The smallest absolute Gasteiger partial charge is 0.165 e. The molecule has 4 rings (SSSR count). The van der Waals surface area contributed by atoms with Gasteiger partial charge in [-0.05, 0) is 57.8 Å². The Morgan fingerprint density at radius 1 is 0.867 bits per heavy atom. The van der Waals surface area contributed by atoms with Crippen LogP contribution in [-0.4, -0.2) is 33.9 Å². The first-order chi connectivity index (χ1) is 14.3. The van der Waals surface area contributed by atoms with Crippen molar-refractivity contribution in [3.63, 3.8) is 0 Å². The molecule has 2 aromatic carbocycles. The van der Waals surface area contributed by atoms with Crippen molar-refractivity contribution in [3.05, 3.63) is 70.7 Å². The highest BCUT2D eigenvalue weighted by Crippen LogP contribution is 2.29. The van der Waals surface area contributed by atoms with E-state index in [2.05, 4.69) is 83.0 Å². The number of halogens is 1. The molecule has 0 saturated heterocycles. The lowest BCUT2D eigenvalue weighted by atomic mass is 9.92. The number of benzene rings is 2. The van der Waals surface area contributed by atoms with E-state index in [1.807, 2.05) is 36.4 Å².